The van der Waals surface area contributed by atoms with E-state index in [9.17, 15) is 30.3 Å². The largest absolute Gasteiger partial charge is 0.394 e. The van der Waals surface area contributed by atoms with Crippen LogP contribution in [0.4, 0.5) is 0 Å². The van der Waals surface area contributed by atoms with Gasteiger partial charge in [0, 0.05) is 6.42 Å². The second kappa shape index (κ2) is 35.1. The molecule has 1 amide bonds. The highest BCUT2D eigenvalue weighted by molar-refractivity contribution is 5.76. The summed E-state index contributed by atoms with van der Waals surface area (Å²) in [5.41, 5.74) is 0. The molecule has 0 spiro atoms. The maximum absolute atomic E-state index is 12.9. The number of ether oxygens (including phenoxy) is 2. The van der Waals surface area contributed by atoms with E-state index in [0.29, 0.717) is 6.42 Å². The summed E-state index contributed by atoms with van der Waals surface area (Å²) in [5, 5.41) is 53.9. The second-order valence-electron chi connectivity index (χ2n) is 14.4. The molecule has 0 aromatic heterocycles. The predicted molar refractivity (Wildman–Crippen MR) is 221 cm³/mol. The van der Waals surface area contributed by atoms with Crippen molar-refractivity contribution < 1.29 is 39.8 Å². The fourth-order valence-corrected chi connectivity index (χ4v) is 6.04. The molecule has 1 rings (SSSR count). The lowest BCUT2D eigenvalue weighted by Crippen LogP contribution is -2.60. The van der Waals surface area contributed by atoms with Gasteiger partial charge in [-0.2, -0.15) is 0 Å². The summed E-state index contributed by atoms with van der Waals surface area (Å²) in [6.07, 6.45) is 39.6. The Labute approximate surface area is 328 Å². The lowest BCUT2D eigenvalue weighted by atomic mass is 9.99. The highest BCUT2D eigenvalue weighted by Gasteiger charge is 2.44. The van der Waals surface area contributed by atoms with Gasteiger partial charge in [-0.1, -0.05) is 145 Å². The molecule has 0 aromatic carbocycles. The number of carbonyl (C=O) groups is 1. The zero-order valence-corrected chi connectivity index (χ0v) is 33.7. The quantitative estimate of drug-likeness (QED) is 0.0290. The number of nitrogens with one attached hydrogen (secondary N) is 1. The zero-order valence-electron chi connectivity index (χ0n) is 33.7. The molecule has 6 N–H and O–H groups in total. The molecular weight excluding hydrogens is 682 g/mol. The molecule has 9 heteroatoms. The molecule has 2 unspecified atom stereocenters. The van der Waals surface area contributed by atoms with Gasteiger partial charge in [-0.05, 0) is 70.6 Å². The third-order valence-electron chi connectivity index (χ3n) is 9.50. The summed E-state index contributed by atoms with van der Waals surface area (Å²) in [6.45, 7) is 3.65. The number of allylic oxidation sites excluding steroid dienone is 11. The molecule has 7 atom stereocenters. The van der Waals surface area contributed by atoms with E-state index in [4.69, 9.17) is 9.47 Å². The minimum Gasteiger partial charge on any atom is -0.394 e. The van der Waals surface area contributed by atoms with Crippen LogP contribution >= 0.6 is 0 Å². The molecule has 9 nitrogen and oxygen atoms in total. The van der Waals surface area contributed by atoms with Crippen molar-refractivity contribution in [1.82, 2.24) is 5.32 Å². The minimum atomic E-state index is -1.58. The maximum atomic E-state index is 12.9. The van der Waals surface area contributed by atoms with Crippen molar-refractivity contribution in [2.45, 2.75) is 192 Å². The van der Waals surface area contributed by atoms with Crippen LogP contribution < -0.4 is 5.32 Å². The summed E-state index contributed by atoms with van der Waals surface area (Å²) in [6, 6.07) is -0.851. The van der Waals surface area contributed by atoms with Crippen LogP contribution in [0.15, 0.2) is 72.9 Å². The summed E-state index contributed by atoms with van der Waals surface area (Å²) in [4.78, 5) is 12.9. The average molecular weight is 760 g/mol. The van der Waals surface area contributed by atoms with Gasteiger partial charge in [0.1, 0.15) is 24.4 Å². The molecule has 54 heavy (non-hydrogen) atoms. The van der Waals surface area contributed by atoms with E-state index in [2.05, 4.69) is 79.9 Å². The van der Waals surface area contributed by atoms with Gasteiger partial charge in [0.05, 0.1) is 25.4 Å². The number of carbonyl (C=O) groups excluding carboxylic acids is 1. The molecule has 310 valence electrons. The molecule has 0 aliphatic carbocycles. The van der Waals surface area contributed by atoms with E-state index in [0.717, 1.165) is 44.9 Å². The van der Waals surface area contributed by atoms with Crippen LogP contribution in [0.25, 0.3) is 0 Å². The smallest absolute Gasteiger partial charge is 0.220 e. The number of aliphatic hydroxyl groups excluding tert-OH is 5. The Kier molecular flexibility index (Phi) is 32.2. The van der Waals surface area contributed by atoms with E-state index in [1.54, 1.807) is 6.08 Å². The topological polar surface area (TPSA) is 149 Å². The van der Waals surface area contributed by atoms with Crippen LogP contribution in [0.3, 0.4) is 0 Å². The van der Waals surface area contributed by atoms with E-state index in [-0.39, 0.29) is 18.9 Å². The van der Waals surface area contributed by atoms with Gasteiger partial charge >= 0.3 is 0 Å². The van der Waals surface area contributed by atoms with Gasteiger partial charge in [0.15, 0.2) is 6.29 Å². The van der Waals surface area contributed by atoms with Crippen molar-refractivity contribution in [3.8, 4) is 0 Å². The number of hydrogen-bond donors (Lipinski definition) is 6. The first kappa shape index (κ1) is 49.6. The van der Waals surface area contributed by atoms with Crippen molar-refractivity contribution in [2.24, 2.45) is 0 Å². The van der Waals surface area contributed by atoms with E-state index in [1.807, 2.05) is 6.08 Å². The van der Waals surface area contributed by atoms with Crippen LogP contribution in [0.5, 0.6) is 0 Å². The van der Waals surface area contributed by atoms with Crippen LogP contribution in [0.2, 0.25) is 0 Å². The van der Waals surface area contributed by atoms with Gasteiger partial charge in [0.25, 0.3) is 0 Å². The fraction of sp³-hybridized carbons (Fsp3) is 0.711. The SMILES string of the molecule is CCCCCC/C=C/CC/C=C/[C@@H](O)[C@H](CO[C@H]1O[C@@H](CO)[C@H](O)C(O)C1O)NC(=O)CCC/C=C/C/C=C/C/C=C/C/C=C/CCCCCCCCC. The van der Waals surface area contributed by atoms with Crippen LogP contribution in [0.1, 0.15) is 149 Å². The number of hydrogen-bond acceptors (Lipinski definition) is 8. The van der Waals surface area contributed by atoms with Gasteiger partial charge < -0.3 is 40.3 Å². The second-order valence-corrected chi connectivity index (χ2v) is 14.4. The molecule has 1 fully saturated rings. The Balaban J connectivity index is 2.43. The first-order valence-electron chi connectivity index (χ1n) is 21.2. The lowest BCUT2D eigenvalue weighted by Gasteiger charge is -2.40. The first-order valence-corrected chi connectivity index (χ1v) is 21.2. The molecule has 0 aromatic rings. The summed E-state index contributed by atoms with van der Waals surface area (Å²) in [7, 11) is 0. The van der Waals surface area contributed by atoms with Crippen molar-refractivity contribution in [2.75, 3.05) is 13.2 Å². The number of aliphatic hydroxyl groups is 5. The lowest BCUT2D eigenvalue weighted by molar-refractivity contribution is -0.302. The van der Waals surface area contributed by atoms with Gasteiger partial charge in [-0.15, -0.1) is 0 Å². The fourth-order valence-electron chi connectivity index (χ4n) is 6.04. The van der Waals surface area contributed by atoms with Crippen molar-refractivity contribution in [1.29, 1.82) is 0 Å². The molecular formula is C45H77NO8. The third kappa shape index (κ3) is 25.7. The number of rotatable bonds is 33. The Morgan fingerprint density at radius 2 is 1.11 bits per heavy atom. The van der Waals surface area contributed by atoms with Crippen LogP contribution in [0, 0.1) is 0 Å². The summed E-state index contributed by atoms with van der Waals surface area (Å²) in [5.74, 6) is -0.247. The van der Waals surface area contributed by atoms with E-state index >= 15 is 0 Å². The summed E-state index contributed by atoms with van der Waals surface area (Å²) < 4.78 is 11.1. The molecule has 0 radical (unpaired) electrons. The Bertz CT molecular complexity index is 1070. The highest BCUT2D eigenvalue weighted by Crippen LogP contribution is 2.22. The Morgan fingerprint density at radius 1 is 0.630 bits per heavy atom. The van der Waals surface area contributed by atoms with Crippen molar-refractivity contribution >= 4 is 5.91 Å². The van der Waals surface area contributed by atoms with E-state index < -0.39 is 49.5 Å². The van der Waals surface area contributed by atoms with Crippen molar-refractivity contribution in [3.05, 3.63) is 72.9 Å². The Hall–Kier alpha value is -2.37. The monoisotopic (exact) mass is 760 g/mol. The van der Waals surface area contributed by atoms with Crippen molar-refractivity contribution in [3.63, 3.8) is 0 Å². The minimum absolute atomic E-state index is 0.227. The molecule has 1 aliphatic heterocycles. The van der Waals surface area contributed by atoms with Crippen LogP contribution in [-0.2, 0) is 14.3 Å². The first-order chi connectivity index (χ1) is 26.3. The predicted octanol–water partition coefficient (Wildman–Crippen LogP) is 8.22. The van der Waals surface area contributed by atoms with Gasteiger partial charge in [0.2, 0.25) is 5.91 Å². The number of amides is 1. The Morgan fingerprint density at radius 3 is 1.70 bits per heavy atom. The molecule has 1 heterocycles. The molecule has 0 bridgehead atoms. The van der Waals surface area contributed by atoms with Gasteiger partial charge in [-0.3, -0.25) is 4.79 Å². The zero-order chi connectivity index (χ0) is 39.5. The molecule has 0 saturated carbocycles. The average Bonchev–Trinajstić information content (AvgIpc) is 3.17. The highest BCUT2D eigenvalue weighted by atomic mass is 16.7. The maximum Gasteiger partial charge on any atom is 0.220 e. The van der Waals surface area contributed by atoms with Crippen LogP contribution in [-0.4, -0.2) is 87.5 Å². The molecule has 1 saturated heterocycles. The summed E-state index contributed by atoms with van der Waals surface area (Å²) >= 11 is 0. The van der Waals surface area contributed by atoms with E-state index in [1.165, 1.54) is 77.0 Å². The standard InChI is InChI=1S/C45H77NO8/c1-3-5-7-9-11-13-15-16-17-18-19-20-21-22-23-24-25-27-29-31-33-35-41(49)46-38(37-53-45-44(52)43(51)42(50)40(36-47)54-45)39(48)34-32-30-28-26-14-12-10-8-6-4-2/h14,17-18,20-21,23-24,26-27,29,32,34,38-40,42-45,47-48,50-52H,3-13,15-16,19,22,25,28,30-31,33,35-37H2,1-2H3,(H,46,49)/b18-17+,21-20+,24-23+,26-14+,29-27+,34-32+/t38-,39+,40-,42-,43?,44?,45-/m0/s1. The number of unbranched alkanes of at least 4 members (excludes halogenated alkanes) is 13. The van der Waals surface area contributed by atoms with Gasteiger partial charge in [-0.25, -0.2) is 0 Å². The molecule has 1 aliphatic rings. The third-order valence-corrected chi connectivity index (χ3v) is 9.50. The normalized spacial score (nSPS) is 22.2.